The van der Waals surface area contributed by atoms with Crippen LogP contribution in [0.25, 0.3) is 0 Å². The lowest BCUT2D eigenvalue weighted by molar-refractivity contribution is -0.142. The van der Waals surface area contributed by atoms with Crippen molar-refractivity contribution < 1.29 is 13.9 Å². The second kappa shape index (κ2) is 7.08. The van der Waals surface area contributed by atoms with Gasteiger partial charge in [-0.25, -0.2) is 4.39 Å². The van der Waals surface area contributed by atoms with Crippen LogP contribution >= 0.6 is 0 Å². The number of carbonyl (C=O) groups excluding carboxylic acids is 1. The van der Waals surface area contributed by atoms with Gasteiger partial charge in [0.1, 0.15) is 5.82 Å². The Kier molecular flexibility index (Phi) is 5.74. The van der Waals surface area contributed by atoms with Gasteiger partial charge in [0, 0.05) is 18.7 Å². The molecule has 0 amide bonds. The first-order chi connectivity index (χ1) is 8.60. The number of nitrogens with two attached hydrogens (primary N) is 1. The monoisotopic (exact) mass is 254 g/mol. The third kappa shape index (κ3) is 4.09. The van der Waals surface area contributed by atoms with Crippen molar-refractivity contribution in [3.8, 4) is 0 Å². The quantitative estimate of drug-likeness (QED) is 0.777. The maximum Gasteiger partial charge on any atom is 0.319 e. The molecule has 4 nitrogen and oxygen atoms in total. The van der Waals surface area contributed by atoms with Gasteiger partial charge in [0.2, 0.25) is 0 Å². The lowest BCUT2D eigenvalue weighted by Crippen LogP contribution is -2.30. The maximum atomic E-state index is 13.8. The third-order valence-corrected chi connectivity index (χ3v) is 2.77. The molecule has 0 atom stereocenters. The Morgan fingerprint density at radius 3 is 2.72 bits per heavy atom. The first-order valence-corrected chi connectivity index (χ1v) is 5.87. The molecule has 0 saturated heterocycles. The standard InChI is InChI=1S/C13H19FN2O2/c1-3-16(9-13(17)18-2)8-11-5-4-10(7-15)6-12(11)14/h4-6H,3,7-9,15H2,1-2H3. The Balaban J connectivity index is 2.72. The van der Waals surface area contributed by atoms with Crippen LogP contribution in [0.4, 0.5) is 4.39 Å². The summed E-state index contributed by atoms with van der Waals surface area (Å²) < 4.78 is 18.4. The summed E-state index contributed by atoms with van der Waals surface area (Å²) in [5, 5.41) is 0. The number of halogens is 1. The molecule has 1 rings (SSSR count). The summed E-state index contributed by atoms with van der Waals surface area (Å²) in [7, 11) is 1.34. The summed E-state index contributed by atoms with van der Waals surface area (Å²) in [6.07, 6.45) is 0. The molecule has 0 heterocycles. The number of rotatable bonds is 6. The highest BCUT2D eigenvalue weighted by atomic mass is 19.1. The van der Waals surface area contributed by atoms with E-state index in [4.69, 9.17) is 5.73 Å². The van der Waals surface area contributed by atoms with Crippen molar-refractivity contribution in [3.05, 3.63) is 35.1 Å². The zero-order valence-electron chi connectivity index (χ0n) is 10.8. The second-order valence-electron chi connectivity index (χ2n) is 4.01. The Morgan fingerprint density at radius 2 is 2.22 bits per heavy atom. The van der Waals surface area contributed by atoms with Crippen LogP contribution in [0.15, 0.2) is 18.2 Å². The number of benzene rings is 1. The van der Waals surface area contributed by atoms with Crippen molar-refractivity contribution in [2.75, 3.05) is 20.2 Å². The molecule has 1 aromatic carbocycles. The van der Waals surface area contributed by atoms with Gasteiger partial charge in [-0.05, 0) is 18.2 Å². The first kappa shape index (κ1) is 14.6. The summed E-state index contributed by atoms with van der Waals surface area (Å²) in [5.41, 5.74) is 6.75. The van der Waals surface area contributed by atoms with Crippen LogP contribution < -0.4 is 5.73 Å². The summed E-state index contributed by atoms with van der Waals surface area (Å²) in [6, 6.07) is 4.93. The highest BCUT2D eigenvalue weighted by Gasteiger charge is 2.12. The number of carbonyl (C=O) groups is 1. The molecular weight excluding hydrogens is 235 g/mol. The Hall–Kier alpha value is -1.46. The fourth-order valence-corrected chi connectivity index (χ4v) is 1.61. The summed E-state index contributed by atoms with van der Waals surface area (Å²) in [6.45, 7) is 3.41. The Morgan fingerprint density at radius 1 is 1.50 bits per heavy atom. The first-order valence-electron chi connectivity index (χ1n) is 5.87. The zero-order valence-corrected chi connectivity index (χ0v) is 10.8. The number of likely N-dealkylation sites (N-methyl/N-ethyl adjacent to an activating group) is 1. The van der Waals surface area contributed by atoms with Crippen molar-refractivity contribution >= 4 is 5.97 Å². The van der Waals surface area contributed by atoms with Gasteiger partial charge in [-0.2, -0.15) is 0 Å². The van der Waals surface area contributed by atoms with Gasteiger partial charge in [-0.3, -0.25) is 9.69 Å². The highest BCUT2D eigenvalue weighted by Crippen LogP contribution is 2.12. The molecule has 100 valence electrons. The predicted molar refractivity (Wildman–Crippen MR) is 67.3 cm³/mol. The lowest BCUT2D eigenvalue weighted by Gasteiger charge is -2.19. The normalized spacial score (nSPS) is 10.7. The molecule has 1 aromatic rings. The van der Waals surface area contributed by atoms with E-state index in [1.807, 2.05) is 11.8 Å². The van der Waals surface area contributed by atoms with Crippen LogP contribution in [0, 0.1) is 5.82 Å². The van der Waals surface area contributed by atoms with Crippen molar-refractivity contribution in [1.82, 2.24) is 4.90 Å². The molecule has 0 radical (unpaired) electrons. The Bertz CT molecular complexity index is 410. The van der Waals surface area contributed by atoms with Crippen molar-refractivity contribution in [3.63, 3.8) is 0 Å². The van der Waals surface area contributed by atoms with Crippen LogP contribution in [0.1, 0.15) is 18.1 Å². The van der Waals surface area contributed by atoms with E-state index in [-0.39, 0.29) is 18.3 Å². The minimum absolute atomic E-state index is 0.158. The molecule has 0 saturated carbocycles. The number of hydrogen-bond donors (Lipinski definition) is 1. The summed E-state index contributed by atoms with van der Waals surface area (Å²) in [5.74, 6) is -0.614. The van der Waals surface area contributed by atoms with E-state index in [9.17, 15) is 9.18 Å². The fraction of sp³-hybridized carbons (Fsp3) is 0.462. The largest absolute Gasteiger partial charge is 0.468 e. The number of ether oxygens (including phenoxy) is 1. The number of esters is 1. The minimum Gasteiger partial charge on any atom is -0.468 e. The van der Waals surface area contributed by atoms with E-state index in [1.54, 1.807) is 12.1 Å². The third-order valence-electron chi connectivity index (χ3n) is 2.77. The lowest BCUT2D eigenvalue weighted by atomic mass is 10.1. The predicted octanol–water partition coefficient (Wildman–Crippen LogP) is 1.28. The van der Waals surface area contributed by atoms with Gasteiger partial charge in [0.05, 0.1) is 13.7 Å². The van der Waals surface area contributed by atoms with Crippen molar-refractivity contribution in [1.29, 1.82) is 0 Å². The number of hydrogen-bond acceptors (Lipinski definition) is 4. The zero-order chi connectivity index (χ0) is 13.5. The van der Waals surface area contributed by atoms with E-state index in [1.165, 1.54) is 13.2 Å². The average Bonchev–Trinajstić information content (AvgIpc) is 2.39. The Labute approximate surface area is 107 Å². The number of nitrogens with zero attached hydrogens (tertiary/aromatic N) is 1. The second-order valence-corrected chi connectivity index (χ2v) is 4.01. The fourth-order valence-electron chi connectivity index (χ4n) is 1.61. The summed E-state index contributed by atoms with van der Waals surface area (Å²) >= 11 is 0. The molecule has 2 N–H and O–H groups in total. The molecule has 0 bridgehead atoms. The van der Waals surface area contributed by atoms with E-state index in [0.717, 1.165) is 5.56 Å². The van der Waals surface area contributed by atoms with Gasteiger partial charge >= 0.3 is 5.97 Å². The van der Waals surface area contributed by atoms with Crippen LogP contribution in [-0.4, -0.2) is 31.1 Å². The number of methoxy groups -OCH3 is 1. The van der Waals surface area contributed by atoms with Crippen LogP contribution in [0.3, 0.4) is 0 Å². The molecule has 0 aliphatic carbocycles. The van der Waals surface area contributed by atoms with Gasteiger partial charge in [-0.15, -0.1) is 0 Å². The van der Waals surface area contributed by atoms with Crippen LogP contribution in [0.5, 0.6) is 0 Å². The average molecular weight is 254 g/mol. The molecule has 0 fully saturated rings. The van der Waals surface area contributed by atoms with Gasteiger partial charge in [-0.1, -0.05) is 19.1 Å². The van der Waals surface area contributed by atoms with Crippen molar-refractivity contribution in [2.24, 2.45) is 5.73 Å². The van der Waals surface area contributed by atoms with E-state index >= 15 is 0 Å². The van der Waals surface area contributed by atoms with E-state index in [2.05, 4.69) is 4.74 Å². The molecule has 0 spiro atoms. The molecule has 5 heteroatoms. The highest BCUT2D eigenvalue weighted by molar-refractivity contribution is 5.71. The van der Waals surface area contributed by atoms with E-state index in [0.29, 0.717) is 25.2 Å². The van der Waals surface area contributed by atoms with Crippen LogP contribution in [0.2, 0.25) is 0 Å². The molecule has 0 aromatic heterocycles. The van der Waals surface area contributed by atoms with E-state index < -0.39 is 0 Å². The van der Waals surface area contributed by atoms with Gasteiger partial charge in [0.25, 0.3) is 0 Å². The van der Waals surface area contributed by atoms with Gasteiger partial charge in [0.15, 0.2) is 0 Å². The molecular formula is C13H19FN2O2. The molecule has 0 unspecified atom stereocenters. The van der Waals surface area contributed by atoms with Crippen LogP contribution in [-0.2, 0) is 22.6 Å². The smallest absolute Gasteiger partial charge is 0.319 e. The van der Waals surface area contributed by atoms with Crippen molar-refractivity contribution in [2.45, 2.75) is 20.0 Å². The molecule has 18 heavy (non-hydrogen) atoms. The topological polar surface area (TPSA) is 55.6 Å². The maximum absolute atomic E-state index is 13.8. The molecule has 0 aliphatic rings. The summed E-state index contributed by atoms with van der Waals surface area (Å²) in [4.78, 5) is 13.0. The minimum atomic E-state index is -0.323. The molecule has 0 aliphatic heterocycles. The SMILES string of the molecule is CCN(CC(=O)OC)Cc1ccc(CN)cc1F. The van der Waals surface area contributed by atoms with Gasteiger partial charge < -0.3 is 10.5 Å².